The summed E-state index contributed by atoms with van der Waals surface area (Å²) in [4.78, 5) is 2.70. The van der Waals surface area contributed by atoms with Crippen molar-refractivity contribution in [3.8, 4) is 0 Å². The molecule has 0 saturated carbocycles. The molecule has 1 heterocycles. The van der Waals surface area contributed by atoms with Gasteiger partial charge in [-0.25, -0.2) is 0 Å². The van der Waals surface area contributed by atoms with Gasteiger partial charge < -0.3 is 5.32 Å². The smallest absolute Gasteiger partial charge is 0.0450 e. The van der Waals surface area contributed by atoms with Gasteiger partial charge in [0.05, 0.1) is 0 Å². The number of rotatable bonds is 6. The molecule has 1 aliphatic heterocycles. The third-order valence-corrected chi connectivity index (χ3v) is 5.45. The Bertz CT molecular complexity index is 395. The van der Waals surface area contributed by atoms with Gasteiger partial charge in [0.2, 0.25) is 0 Å². The quantitative estimate of drug-likeness (QED) is 0.807. The Morgan fingerprint density at radius 1 is 1.30 bits per heavy atom. The lowest BCUT2D eigenvalue weighted by Gasteiger charge is -2.48. The molecule has 2 rings (SSSR count). The van der Waals surface area contributed by atoms with Gasteiger partial charge in [-0.1, -0.05) is 44.2 Å². The fourth-order valence-electron chi connectivity index (χ4n) is 2.90. The average Bonchev–Trinajstić information content (AvgIpc) is 2.50. The van der Waals surface area contributed by atoms with E-state index in [4.69, 9.17) is 0 Å². The van der Waals surface area contributed by atoms with Crippen LogP contribution in [0.4, 0.5) is 0 Å². The first-order valence-corrected chi connectivity index (χ1v) is 8.96. The van der Waals surface area contributed by atoms with Crippen molar-refractivity contribution in [1.29, 1.82) is 0 Å². The first kappa shape index (κ1) is 15.9. The zero-order valence-corrected chi connectivity index (χ0v) is 13.9. The fourth-order valence-corrected chi connectivity index (χ4v) is 3.54. The van der Waals surface area contributed by atoms with Crippen LogP contribution in [0.5, 0.6) is 0 Å². The Morgan fingerprint density at radius 3 is 2.70 bits per heavy atom. The highest BCUT2D eigenvalue weighted by Crippen LogP contribution is 2.28. The van der Waals surface area contributed by atoms with Crippen molar-refractivity contribution in [2.45, 2.75) is 38.8 Å². The number of nitrogens with one attached hydrogen (secondary N) is 1. The molecule has 1 saturated heterocycles. The van der Waals surface area contributed by atoms with Gasteiger partial charge in [-0.15, -0.1) is 0 Å². The van der Waals surface area contributed by atoms with Gasteiger partial charge >= 0.3 is 0 Å². The van der Waals surface area contributed by atoms with Crippen molar-refractivity contribution in [2.75, 3.05) is 31.1 Å². The SMILES string of the molecule is CCSCCN1CC(c2ccccc2)NCC1(C)CC. The number of piperazine rings is 1. The molecule has 1 N–H and O–H groups in total. The Hall–Kier alpha value is -0.510. The third-order valence-electron chi connectivity index (χ3n) is 4.57. The van der Waals surface area contributed by atoms with E-state index in [9.17, 15) is 0 Å². The first-order chi connectivity index (χ1) is 9.69. The molecule has 2 nitrogen and oxygen atoms in total. The molecular weight excluding hydrogens is 264 g/mol. The predicted octanol–water partition coefficient (Wildman–Crippen LogP) is 3.55. The van der Waals surface area contributed by atoms with Crippen molar-refractivity contribution in [2.24, 2.45) is 0 Å². The van der Waals surface area contributed by atoms with Crippen LogP contribution >= 0.6 is 11.8 Å². The van der Waals surface area contributed by atoms with E-state index in [1.54, 1.807) is 0 Å². The predicted molar refractivity (Wildman–Crippen MR) is 90.5 cm³/mol. The molecule has 0 radical (unpaired) electrons. The summed E-state index contributed by atoms with van der Waals surface area (Å²) in [5, 5.41) is 3.75. The van der Waals surface area contributed by atoms with Gasteiger partial charge in [0.25, 0.3) is 0 Å². The zero-order chi connectivity index (χ0) is 14.4. The maximum absolute atomic E-state index is 3.75. The molecule has 2 atom stereocenters. The molecule has 0 amide bonds. The molecule has 0 bridgehead atoms. The van der Waals surface area contributed by atoms with Gasteiger partial charge in [0.1, 0.15) is 0 Å². The van der Waals surface area contributed by atoms with Crippen molar-refractivity contribution in [3.63, 3.8) is 0 Å². The minimum Gasteiger partial charge on any atom is -0.307 e. The maximum atomic E-state index is 3.75. The molecule has 1 fully saturated rings. The molecule has 0 spiro atoms. The van der Waals surface area contributed by atoms with Crippen molar-refractivity contribution in [3.05, 3.63) is 35.9 Å². The second kappa shape index (κ2) is 7.48. The Kier molecular flexibility index (Phi) is 5.94. The van der Waals surface area contributed by atoms with E-state index in [0.717, 1.165) is 13.1 Å². The lowest BCUT2D eigenvalue weighted by atomic mass is 9.90. The van der Waals surface area contributed by atoms with Crippen LogP contribution < -0.4 is 5.32 Å². The van der Waals surface area contributed by atoms with E-state index in [-0.39, 0.29) is 0 Å². The van der Waals surface area contributed by atoms with E-state index < -0.39 is 0 Å². The highest BCUT2D eigenvalue weighted by Gasteiger charge is 2.36. The summed E-state index contributed by atoms with van der Waals surface area (Å²) >= 11 is 2.05. The summed E-state index contributed by atoms with van der Waals surface area (Å²) in [6.07, 6.45) is 1.21. The Balaban J connectivity index is 2.04. The molecule has 2 unspecified atom stereocenters. The van der Waals surface area contributed by atoms with Gasteiger partial charge in [-0.3, -0.25) is 4.90 Å². The first-order valence-electron chi connectivity index (χ1n) is 7.80. The van der Waals surface area contributed by atoms with Crippen LogP contribution in [-0.2, 0) is 0 Å². The molecule has 1 aromatic rings. The lowest BCUT2D eigenvalue weighted by molar-refractivity contribution is 0.0551. The molecule has 20 heavy (non-hydrogen) atoms. The summed E-state index contributed by atoms with van der Waals surface area (Å²) in [6, 6.07) is 11.3. The van der Waals surface area contributed by atoms with Gasteiger partial charge in [0.15, 0.2) is 0 Å². The van der Waals surface area contributed by atoms with Crippen LogP contribution in [0.3, 0.4) is 0 Å². The molecule has 1 aliphatic rings. The van der Waals surface area contributed by atoms with E-state index in [0.29, 0.717) is 11.6 Å². The average molecular weight is 292 g/mol. The normalized spacial score (nSPS) is 27.6. The summed E-state index contributed by atoms with van der Waals surface area (Å²) in [5.41, 5.74) is 1.72. The molecule has 3 heteroatoms. The van der Waals surface area contributed by atoms with Crippen LogP contribution in [0.25, 0.3) is 0 Å². The van der Waals surface area contributed by atoms with Crippen LogP contribution in [0, 0.1) is 0 Å². The summed E-state index contributed by atoms with van der Waals surface area (Å²) in [7, 11) is 0. The molecule has 112 valence electrons. The highest BCUT2D eigenvalue weighted by atomic mass is 32.2. The largest absolute Gasteiger partial charge is 0.307 e. The summed E-state index contributed by atoms with van der Waals surface area (Å²) in [5.74, 6) is 2.46. The topological polar surface area (TPSA) is 15.3 Å². The minimum atomic E-state index is 0.305. The Labute approximate surface area is 128 Å². The lowest BCUT2D eigenvalue weighted by Crippen LogP contribution is -2.60. The monoisotopic (exact) mass is 292 g/mol. The zero-order valence-electron chi connectivity index (χ0n) is 13.1. The number of thioether (sulfide) groups is 1. The number of benzene rings is 1. The van der Waals surface area contributed by atoms with Crippen LogP contribution in [0.15, 0.2) is 30.3 Å². The standard InChI is InChI=1S/C17H28N2S/c1-4-17(3)14-18-16(15-9-7-6-8-10-15)13-19(17)11-12-20-5-2/h6-10,16,18H,4-5,11-14H2,1-3H3. The van der Waals surface area contributed by atoms with Crippen LogP contribution in [-0.4, -0.2) is 41.6 Å². The second-order valence-corrected chi connectivity index (χ2v) is 7.23. The van der Waals surface area contributed by atoms with Gasteiger partial charge in [-0.05, 0) is 24.7 Å². The summed E-state index contributed by atoms with van der Waals surface area (Å²) < 4.78 is 0. The van der Waals surface area contributed by atoms with Gasteiger partial charge in [-0.2, -0.15) is 11.8 Å². The molecular formula is C17H28N2S. The van der Waals surface area contributed by atoms with Gasteiger partial charge in [0, 0.05) is 37.0 Å². The number of nitrogens with zero attached hydrogens (tertiary/aromatic N) is 1. The van der Waals surface area contributed by atoms with Crippen LogP contribution in [0.1, 0.15) is 38.8 Å². The molecule has 0 aliphatic carbocycles. The van der Waals surface area contributed by atoms with E-state index in [1.165, 1.54) is 30.0 Å². The van der Waals surface area contributed by atoms with Crippen molar-refractivity contribution < 1.29 is 0 Å². The highest BCUT2D eigenvalue weighted by molar-refractivity contribution is 7.99. The van der Waals surface area contributed by atoms with E-state index in [1.807, 2.05) is 11.8 Å². The van der Waals surface area contributed by atoms with Crippen molar-refractivity contribution >= 4 is 11.8 Å². The Morgan fingerprint density at radius 2 is 2.05 bits per heavy atom. The third kappa shape index (κ3) is 3.78. The summed E-state index contributed by atoms with van der Waals surface area (Å²) in [6.45, 7) is 10.4. The number of hydrogen-bond donors (Lipinski definition) is 1. The fraction of sp³-hybridized carbons (Fsp3) is 0.647. The molecule has 0 aromatic heterocycles. The van der Waals surface area contributed by atoms with Crippen molar-refractivity contribution in [1.82, 2.24) is 10.2 Å². The maximum Gasteiger partial charge on any atom is 0.0450 e. The number of hydrogen-bond acceptors (Lipinski definition) is 3. The molecule has 1 aromatic carbocycles. The second-order valence-electron chi connectivity index (χ2n) is 5.84. The van der Waals surface area contributed by atoms with E-state index >= 15 is 0 Å². The minimum absolute atomic E-state index is 0.305. The van der Waals surface area contributed by atoms with Crippen LogP contribution in [0.2, 0.25) is 0 Å². The van der Waals surface area contributed by atoms with E-state index in [2.05, 4.69) is 61.3 Å².